The van der Waals surface area contributed by atoms with E-state index in [2.05, 4.69) is 10.4 Å². The molecule has 2 amide bonds. The highest BCUT2D eigenvalue weighted by molar-refractivity contribution is 7.99. The van der Waals surface area contributed by atoms with E-state index in [1.54, 1.807) is 29.2 Å². The highest BCUT2D eigenvalue weighted by atomic mass is 32.2. The number of rotatable bonds is 4. The maximum Gasteiger partial charge on any atom is 0.276 e. The fraction of sp³-hybridized carbons (Fsp3) is 0.304. The standard InChI is InChI=1S/C23H24N4O3S/c1-4-27-22(29)18-8-6-5-7-17(18)20(25-27)23(30)26-13-31-12-19(26)21(28)24-16-10-9-14(2)15(3)11-16/h5-11,19H,4,12-13H2,1-3H3,(H,24,28). The minimum atomic E-state index is -0.610. The largest absolute Gasteiger partial charge is 0.324 e. The minimum Gasteiger partial charge on any atom is -0.324 e. The number of fused-ring (bicyclic) bond motifs is 1. The van der Waals surface area contributed by atoms with Crippen molar-refractivity contribution < 1.29 is 9.59 Å². The highest BCUT2D eigenvalue weighted by Crippen LogP contribution is 2.26. The molecule has 1 fully saturated rings. The zero-order chi connectivity index (χ0) is 22.1. The molecule has 3 aromatic rings. The van der Waals surface area contributed by atoms with E-state index in [-0.39, 0.29) is 23.1 Å². The average molecular weight is 437 g/mol. The van der Waals surface area contributed by atoms with Crippen LogP contribution in [0.15, 0.2) is 47.3 Å². The summed E-state index contributed by atoms with van der Waals surface area (Å²) in [6, 6.07) is 12.1. The van der Waals surface area contributed by atoms with Crippen LogP contribution in [0.5, 0.6) is 0 Å². The Labute approximate surface area is 184 Å². The van der Waals surface area contributed by atoms with Crippen molar-refractivity contribution >= 4 is 40.0 Å². The second-order valence-electron chi connectivity index (χ2n) is 7.59. The first kappa shape index (κ1) is 21.1. The van der Waals surface area contributed by atoms with Crippen molar-refractivity contribution in [1.82, 2.24) is 14.7 Å². The maximum absolute atomic E-state index is 13.5. The summed E-state index contributed by atoms with van der Waals surface area (Å²) in [5.74, 6) is 0.331. The topological polar surface area (TPSA) is 84.3 Å². The minimum absolute atomic E-state index is 0.198. The van der Waals surface area contributed by atoms with E-state index in [0.29, 0.717) is 34.6 Å². The maximum atomic E-state index is 13.5. The number of thioether (sulfide) groups is 1. The first-order valence-electron chi connectivity index (χ1n) is 10.2. The molecule has 0 aliphatic carbocycles. The van der Waals surface area contributed by atoms with Crippen LogP contribution < -0.4 is 10.9 Å². The van der Waals surface area contributed by atoms with Gasteiger partial charge in [-0.25, -0.2) is 4.68 Å². The quantitative estimate of drug-likeness (QED) is 0.679. The number of aromatic nitrogens is 2. The third-order valence-corrected chi connectivity index (χ3v) is 6.60. The van der Waals surface area contributed by atoms with Gasteiger partial charge in [-0.2, -0.15) is 5.10 Å². The highest BCUT2D eigenvalue weighted by Gasteiger charge is 2.36. The van der Waals surface area contributed by atoms with Gasteiger partial charge in [-0.15, -0.1) is 11.8 Å². The van der Waals surface area contributed by atoms with Crippen molar-refractivity contribution in [3.05, 3.63) is 69.6 Å². The molecular formula is C23H24N4O3S. The molecule has 0 bridgehead atoms. The number of carbonyl (C=O) groups is 2. The molecule has 7 nitrogen and oxygen atoms in total. The summed E-state index contributed by atoms with van der Waals surface area (Å²) in [4.78, 5) is 40.6. The van der Waals surface area contributed by atoms with Crippen LogP contribution in [-0.4, -0.2) is 44.2 Å². The number of amides is 2. The third-order valence-electron chi connectivity index (χ3n) is 5.59. The van der Waals surface area contributed by atoms with Gasteiger partial charge >= 0.3 is 0 Å². The zero-order valence-corrected chi connectivity index (χ0v) is 18.5. The fourth-order valence-corrected chi connectivity index (χ4v) is 4.80. The van der Waals surface area contributed by atoms with Crippen molar-refractivity contribution in [3.8, 4) is 0 Å². The molecule has 1 saturated heterocycles. The summed E-state index contributed by atoms with van der Waals surface area (Å²) in [7, 11) is 0. The smallest absolute Gasteiger partial charge is 0.276 e. The van der Waals surface area contributed by atoms with Gasteiger partial charge in [-0.05, 0) is 50.1 Å². The van der Waals surface area contributed by atoms with Gasteiger partial charge in [0.05, 0.1) is 11.3 Å². The Morgan fingerprint density at radius 3 is 2.58 bits per heavy atom. The molecule has 0 radical (unpaired) electrons. The Morgan fingerprint density at radius 1 is 1.13 bits per heavy atom. The summed E-state index contributed by atoms with van der Waals surface area (Å²) in [5, 5.41) is 8.23. The second kappa shape index (κ2) is 8.55. The van der Waals surface area contributed by atoms with E-state index in [9.17, 15) is 14.4 Å². The molecule has 4 rings (SSSR count). The molecule has 1 unspecified atom stereocenters. The predicted molar refractivity (Wildman–Crippen MR) is 124 cm³/mol. The van der Waals surface area contributed by atoms with Crippen LogP contribution in [0, 0.1) is 13.8 Å². The molecule has 1 aliphatic heterocycles. The van der Waals surface area contributed by atoms with Crippen molar-refractivity contribution in [3.63, 3.8) is 0 Å². The average Bonchev–Trinajstić information content (AvgIpc) is 3.26. The van der Waals surface area contributed by atoms with Crippen LogP contribution in [0.3, 0.4) is 0 Å². The molecule has 0 saturated carbocycles. The van der Waals surface area contributed by atoms with Gasteiger partial charge in [-0.1, -0.05) is 24.3 Å². The van der Waals surface area contributed by atoms with Gasteiger partial charge in [0.1, 0.15) is 6.04 Å². The van der Waals surface area contributed by atoms with E-state index in [1.807, 2.05) is 39.0 Å². The molecule has 31 heavy (non-hydrogen) atoms. The molecule has 1 atom stereocenters. The lowest BCUT2D eigenvalue weighted by Gasteiger charge is -2.23. The first-order valence-corrected chi connectivity index (χ1v) is 11.3. The lowest BCUT2D eigenvalue weighted by Crippen LogP contribution is -2.45. The summed E-state index contributed by atoms with van der Waals surface area (Å²) >= 11 is 1.52. The van der Waals surface area contributed by atoms with E-state index < -0.39 is 6.04 Å². The van der Waals surface area contributed by atoms with Crippen molar-refractivity contribution in [2.75, 3.05) is 16.9 Å². The number of hydrogen-bond acceptors (Lipinski definition) is 5. The second-order valence-corrected chi connectivity index (χ2v) is 8.59. The lowest BCUT2D eigenvalue weighted by molar-refractivity contribution is -0.119. The van der Waals surface area contributed by atoms with E-state index >= 15 is 0 Å². The molecule has 2 heterocycles. The van der Waals surface area contributed by atoms with Crippen molar-refractivity contribution in [2.45, 2.75) is 33.4 Å². The Balaban J connectivity index is 1.65. The Bertz CT molecular complexity index is 1240. The number of hydrogen-bond donors (Lipinski definition) is 1. The van der Waals surface area contributed by atoms with Gasteiger partial charge in [0, 0.05) is 23.4 Å². The normalized spacial score (nSPS) is 16.0. The summed E-state index contributed by atoms with van der Waals surface area (Å²) in [6.07, 6.45) is 0. The fourth-order valence-electron chi connectivity index (χ4n) is 3.65. The molecule has 160 valence electrons. The van der Waals surface area contributed by atoms with Gasteiger partial charge < -0.3 is 10.2 Å². The SMILES string of the molecule is CCn1nc(C(=O)N2CSCC2C(=O)Nc2ccc(C)c(C)c2)c2ccccc2c1=O. The molecule has 8 heteroatoms. The summed E-state index contributed by atoms with van der Waals surface area (Å²) in [5.41, 5.74) is 2.91. The zero-order valence-electron chi connectivity index (χ0n) is 17.7. The number of nitrogens with one attached hydrogen (secondary N) is 1. The van der Waals surface area contributed by atoms with Crippen LogP contribution >= 0.6 is 11.8 Å². The van der Waals surface area contributed by atoms with Crippen molar-refractivity contribution in [2.24, 2.45) is 0 Å². The van der Waals surface area contributed by atoms with Gasteiger partial charge in [-0.3, -0.25) is 14.4 Å². The third kappa shape index (κ3) is 3.95. The number of aryl methyl sites for hydroxylation is 3. The van der Waals surface area contributed by atoms with E-state index in [0.717, 1.165) is 11.1 Å². The summed E-state index contributed by atoms with van der Waals surface area (Å²) < 4.78 is 1.29. The number of benzene rings is 2. The molecule has 2 aromatic carbocycles. The Hall–Kier alpha value is -3.13. The molecular weight excluding hydrogens is 412 g/mol. The predicted octanol–water partition coefficient (Wildman–Crippen LogP) is 3.19. The molecule has 0 spiro atoms. The van der Waals surface area contributed by atoms with Crippen LogP contribution in [0.4, 0.5) is 5.69 Å². The number of anilines is 1. The number of carbonyl (C=O) groups excluding carboxylic acids is 2. The van der Waals surface area contributed by atoms with Gasteiger partial charge in [0.2, 0.25) is 5.91 Å². The first-order chi connectivity index (χ1) is 14.9. The summed E-state index contributed by atoms with van der Waals surface area (Å²) in [6.45, 7) is 6.17. The van der Waals surface area contributed by atoms with Crippen LogP contribution in [-0.2, 0) is 11.3 Å². The lowest BCUT2D eigenvalue weighted by atomic mass is 10.1. The van der Waals surface area contributed by atoms with Gasteiger partial charge in [0.25, 0.3) is 11.5 Å². The molecule has 1 aliphatic rings. The Kier molecular flexibility index (Phi) is 5.82. The molecule has 1 N–H and O–H groups in total. The van der Waals surface area contributed by atoms with E-state index in [4.69, 9.17) is 0 Å². The molecule has 1 aromatic heterocycles. The van der Waals surface area contributed by atoms with E-state index in [1.165, 1.54) is 16.4 Å². The van der Waals surface area contributed by atoms with Crippen LogP contribution in [0.2, 0.25) is 0 Å². The van der Waals surface area contributed by atoms with Crippen LogP contribution in [0.25, 0.3) is 10.8 Å². The van der Waals surface area contributed by atoms with Crippen LogP contribution in [0.1, 0.15) is 28.5 Å². The Morgan fingerprint density at radius 2 is 1.87 bits per heavy atom. The van der Waals surface area contributed by atoms with Crippen molar-refractivity contribution in [1.29, 1.82) is 0 Å². The monoisotopic (exact) mass is 436 g/mol. The number of nitrogens with zero attached hydrogens (tertiary/aromatic N) is 3. The van der Waals surface area contributed by atoms with Gasteiger partial charge in [0.15, 0.2) is 5.69 Å².